The number of nitrogens with zero attached hydrogens (tertiary/aromatic N) is 3. The van der Waals surface area contributed by atoms with Gasteiger partial charge in [-0.25, -0.2) is 19.2 Å². The SMILES string of the molecule is O=C(O)/C=C\C(=O)O.O=C(O)/C=C\C(=O)O.c1cnnnc1. The van der Waals surface area contributed by atoms with Crippen LogP contribution < -0.4 is 0 Å². The highest BCUT2D eigenvalue weighted by atomic mass is 16.4. The second-order valence-electron chi connectivity index (χ2n) is 2.83. The molecule has 0 aliphatic carbocycles. The predicted octanol–water partition coefficient (Wildman–Crippen LogP) is -0.705. The zero-order valence-electron chi connectivity index (χ0n) is 10.8. The summed E-state index contributed by atoms with van der Waals surface area (Å²) in [6.07, 6.45) is 5.38. The van der Waals surface area contributed by atoms with E-state index in [0.29, 0.717) is 24.3 Å². The van der Waals surface area contributed by atoms with Crippen molar-refractivity contribution < 1.29 is 39.6 Å². The molecule has 0 saturated heterocycles. The molecule has 11 nitrogen and oxygen atoms in total. The lowest BCUT2D eigenvalue weighted by atomic mass is 10.5. The third-order valence-corrected chi connectivity index (χ3v) is 1.15. The number of hydrogen-bond donors (Lipinski definition) is 4. The average molecular weight is 313 g/mol. The Hall–Kier alpha value is -3.63. The third kappa shape index (κ3) is 25.3. The van der Waals surface area contributed by atoms with Crippen LogP contribution in [0.25, 0.3) is 0 Å². The van der Waals surface area contributed by atoms with Gasteiger partial charge in [0.05, 0.1) is 12.4 Å². The molecular weight excluding hydrogens is 302 g/mol. The van der Waals surface area contributed by atoms with Crippen molar-refractivity contribution >= 4 is 23.9 Å². The molecular formula is C11H11N3O8. The van der Waals surface area contributed by atoms with Crippen molar-refractivity contribution in [1.29, 1.82) is 0 Å². The summed E-state index contributed by atoms with van der Waals surface area (Å²) < 4.78 is 0. The van der Waals surface area contributed by atoms with Crippen molar-refractivity contribution in [1.82, 2.24) is 15.4 Å². The Morgan fingerprint density at radius 3 is 1.00 bits per heavy atom. The number of carbonyl (C=O) groups is 4. The number of carboxylic acid groups (broad SMARTS) is 4. The van der Waals surface area contributed by atoms with Gasteiger partial charge in [0.25, 0.3) is 0 Å². The lowest BCUT2D eigenvalue weighted by Gasteiger charge is -1.74. The molecule has 0 saturated carbocycles. The number of aliphatic carboxylic acids is 4. The van der Waals surface area contributed by atoms with E-state index < -0.39 is 23.9 Å². The van der Waals surface area contributed by atoms with Crippen molar-refractivity contribution in [2.24, 2.45) is 0 Å². The molecule has 118 valence electrons. The number of aromatic nitrogens is 3. The first kappa shape index (κ1) is 20.7. The summed E-state index contributed by atoms with van der Waals surface area (Å²) in [5.41, 5.74) is 0. The summed E-state index contributed by atoms with van der Waals surface area (Å²) in [6, 6.07) is 1.72. The fourth-order valence-corrected chi connectivity index (χ4v) is 0.490. The van der Waals surface area contributed by atoms with Gasteiger partial charge in [-0.15, -0.1) is 10.2 Å². The van der Waals surface area contributed by atoms with E-state index in [1.807, 2.05) is 0 Å². The number of carboxylic acids is 4. The monoisotopic (exact) mass is 313 g/mol. The van der Waals surface area contributed by atoms with Gasteiger partial charge in [-0.2, -0.15) is 0 Å². The van der Waals surface area contributed by atoms with Crippen LogP contribution in [0.5, 0.6) is 0 Å². The van der Waals surface area contributed by atoms with E-state index in [4.69, 9.17) is 20.4 Å². The van der Waals surface area contributed by atoms with E-state index in [1.54, 1.807) is 18.5 Å². The highest BCUT2D eigenvalue weighted by Crippen LogP contribution is 1.71. The van der Waals surface area contributed by atoms with Crippen LogP contribution in [0.15, 0.2) is 42.8 Å². The molecule has 0 fully saturated rings. The van der Waals surface area contributed by atoms with E-state index in [0.717, 1.165) is 0 Å². The minimum absolute atomic E-state index is 0.558. The van der Waals surface area contributed by atoms with Gasteiger partial charge in [0.15, 0.2) is 0 Å². The molecule has 1 aromatic rings. The zero-order valence-corrected chi connectivity index (χ0v) is 10.8. The molecule has 0 aromatic carbocycles. The maximum Gasteiger partial charge on any atom is 0.328 e. The molecule has 1 rings (SSSR count). The molecule has 0 atom stereocenters. The summed E-state index contributed by atoms with van der Waals surface area (Å²) in [5.74, 6) is -5.03. The van der Waals surface area contributed by atoms with Gasteiger partial charge in [0.1, 0.15) is 0 Å². The smallest absolute Gasteiger partial charge is 0.328 e. The van der Waals surface area contributed by atoms with Gasteiger partial charge in [-0.3, -0.25) is 0 Å². The van der Waals surface area contributed by atoms with Crippen molar-refractivity contribution in [2.45, 2.75) is 0 Å². The van der Waals surface area contributed by atoms with E-state index in [1.165, 1.54) is 0 Å². The normalized spacial score (nSPS) is 9.09. The third-order valence-electron chi connectivity index (χ3n) is 1.15. The first-order chi connectivity index (χ1) is 10.3. The second-order valence-corrected chi connectivity index (χ2v) is 2.83. The molecule has 11 heteroatoms. The van der Waals surface area contributed by atoms with E-state index in [2.05, 4.69) is 15.4 Å². The van der Waals surface area contributed by atoms with Crippen molar-refractivity contribution in [2.75, 3.05) is 0 Å². The van der Waals surface area contributed by atoms with Crippen LogP contribution in [0.4, 0.5) is 0 Å². The van der Waals surface area contributed by atoms with Crippen LogP contribution in [-0.2, 0) is 19.2 Å². The van der Waals surface area contributed by atoms with Gasteiger partial charge in [0.2, 0.25) is 0 Å². The maximum absolute atomic E-state index is 9.55. The topological polar surface area (TPSA) is 188 Å². The molecule has 0 unspecified atom stereocenters. The molecule has 4 N–H and O–H groups in total. The first-order valence-corrected chi connectivity index (χ1v) is 5.12. The summed E-state index contributed by atoms with van der Waals surface area (Å²) in [4.78, 5) is 38.2. The van der Waals surface area contributed by atoms with Crippen LogP contribution in [0.2, 0.25) is 0 Å². The summed E-state index contributed by atoms with van der Waals surface area (Å²) >= 11 is 0. The van der Waals surface area contributed by atoms with Gasteiger partial charge in [-0.05, 0) is 11.3 Å². The van der Waals surface area contributed by atoms with Gasteiger partial charge in [0, 0.05) is 24.3 Å². The molecule has 1 heterocycles. The number of rotatable bonds is 4. The van der Waals surface area contributed by atoms with E-state index in [9.17, 15) is 19.2 Å². The van der Waals surface area contributed by atoms with Gasteiger partial charge in [-0.1, -0.05) is 0 Å². The summed E-state index contributed by atoms with van der Waals surface area (Å²) in [7, 11) is 0. The zero-order chi connectivity index (χ0) is 17.4. The van der Waals surface area contributed by atoms with E-state index >= 15 is 0 Å². The Morgan fingerprint density at radius 2 is 0.909 bits per heavy atom. The summed E-state index contributed by atoms with van der Waals surface area (Å²) in [5, 5.41) is 41.4. The standard InChI is InChI=1S/2C4H4O4.C3H3N3/c2*5-3(6)1-2-4(7)8;1-2-4-6-5-3-1/h2*1-2H,(H,5,6)(H,7,8);1-3H/b2*2-1-;. The van der Waals surface area contributed by atoms with Crippen molar-refractivity contribution in [3.05, 3.63) is 42.8 Å². The van der Waals surface area contributed by atoms with Crippen LogP contribution in [0.1, 0.15) is 0 Å². The minimum Gasteiger partial charge on any atom is -0.478 e. The van der Waals surface area contributed by atoms with Crippen LogP contribution in [0, 0.1) is 0 Å². The lowest BCUT2D eigenvalue weighted by Crippen LogP contribution is -1.91. The van der Waals surface area contributed by atoms with Crippen molar-refractivity contribution in [3.63, 3.8) is 0 Å². The molecule has 0 aliphatic heterocycles. The predicted molar refractivity (Wildman–Crippen MR) is 68.7 cm³/mol. The van der Waals surface area contributed by atoms with E-state index in [-0.39, 0.29) is 0 Å². The quantitative estimate of drug-likeness (QED) is 0.514. The Kier molecular flexibility index (Phi) is 13.0. The number of hydrogen-bond acceptors (Lipinski definition) is 7. The Labute approximate surface area is 122 Å². The largest absolute Gasteiger partial charge is 0.478 e. The molecule has 0 radical (unpaired) electrons. The highest BCUT2D eigenvalue weighted by molar-refractivity contribution is 5.90. The molecule has 1 aromatic heterocycles. The Bertz CT molecular complexity index is 449. The molecule has 0 spiro atoms. The van der Waals surface area contributed by atoms with Crippen LogP contribution >= 0.6 is 0 Å². The molecule has 0 aliphatic rings. The second kappa shape index (κ2) is 13.8. The minimum atomic E-state index is -1.26. The highest BCUT2D eigenvalue weighted by Gasteiger charge is 1.88. The molecule has 0 amide bonds. The lowest BCUT2D eigenvalue weighted by molar-refractivity contribution is -0.134. The fourth-order valence-electron chi connectivity index (χ4n) is 0.490. The van der Waals surface area contributed by atoms with Gasteiger partial charge >= 0.3 is 23.9 Å². The average Bonchev–Trinajstić information content (AvgIpc) is 2.46. The Balaban J connectivity index is 0. The Morgan fingerprint density at radius 1 is 0.636 bits per heavy atom. The first-order valence-electron chi connectivity index (χ1n) is 5.12. The maximum atomic E-state index is 9.55. The van der Waals surface area contributed by atoms with Crippen LogP contribution in [-0.4, -0.2) is 59.7 Å². The molecule has 22 heavy (non-hydrogen) atoms. The van der Waals surface area contributed by atoms with Crippen molar-refractivity contribution in [3.8, 4) is 0 Å². The molecule has 0 bridgehead atoms. The fraction of sp³-hybridized carbons (Fsp3) is 0. The summed E-state index contributed by atoms with van der Waals surface area (Å²) in [6.45, 7) is 0. The van der Waals surface area contributed by atoms with Gasteiger partial charge < -0.3 is 20.4 Å². The van der Waals surface area contributed by atoms with Crippen LogP contribution in [0.3, 0.4) is 0 Å².